The zero-order valence-corrected chi connectivity index (χ0v) is 14.5. The van der Waals surface area contributed by atoms with Gasteiger partial charge in [0.15, 0.2) is 0 Å². The number of methoxy groups -OCH3 is 1. The van der Waals surface area contributed by atoms with E-state index in [0.717, 1.165) is 31.0 Å². The largest absolute Gasteiger partial charge is 0.379 e. The number of hydrogen-bond acceptors (Lipinski definition) is 5. The molecule has 0 bridgehead atoms. The minimum absolute atomic E-state index is 0.155. The van der Waals surface area contributed by atoms with Crippen molar-refractivity contribution >= 4 is 0 Å². The third kappa shape index (κ3) is 3.33. The van der Waals surface area contributed by atoms with Crippen LogP contribution in [0.3, 0.4) is 0 Å². The fraction of sp³-hybridized carbons (Fsp3) is 0.389. The number of benzene rings is 1. The molecule has 3 heterocycles. The van der Waals surface area contributed by atoms with Gasteiger partial charge in [-0.1, -0.05) is 17.3 Å². The van der Waals surface area contributed by atoms with Crippen LogP contribution in [0.1, 0.15) is 17.2 Å². The number of ether oxygens (including phenoxy) is 1. The van der Waals surface area contributed by atoms with Crippen LogP contribution in [0.5, 0.6) is 0 Å². The van der Waals surface area contributed by atoms with Gasteiger partial charge in [-0.15, -0.1) is 5.10 Å². The second kappa shape index (κ2) is 6.78. The minimum Gasteiger partial charge on any atom is -0.379 e. The standard InChI is InChI=1S/C18H22N6O/c1-22-11-17(20-21-22)16-10-23(12-18(16)25-2)9-14-3-5-15(6-4-14)24-8-7-19-13-24/h3-8,11,13,16,18H,9-10,12H2,1-2H3/t16-,18+/m0/s1. The molecule has 1 saturated heterocycles. The van der Waals surface area contributed by atoms with Gasteiger partial charge in [-0.05, 0) is 17.7 Å². The van der Waals surface area contributed by atoms with Crippen molar-refractivity contribution in [1.29, 1.82) is 0 Å². The summed E-state index contributed by atoms with van der Waals surface area (Å²) in [6.45, 7) is 2.74. The Kier molecular flexibility index (Phi) is 4.33. The average molecular weight is 338 g/mol. The molecule has 1 fully saturated rings. The van der Waals surface area contributed by atoms with Gasteiger partial charge in [0, 0.05) is 64.0 Å². The lowest BCUT2D eigenvalue weighted by molar-refractivity contribution is 0.0957. The van der Waals surface area contributed by atoms with Crippen LogP contribution < -0.4 is 0 Å². The Labute approximate surface area is 146 Å². The highest BCUT2D eigenvalue weighted by Gasteiger charge is 2.35. The lowest BCUT2D eigenvalue weighted by atomic mass is 10.0. The van der Waals surface area contributed by atoms with Crippen LogP contribution in [0.25, 0.3) is 5.69 Å². The van der Waals surface area contributed by atoms with Gasteiger partial charge >= 0.3 is 0 Å². The van der Waals surface area contributed by atoms with Gasteiger partial charge < -0.3 is 9.30 Å². The minimum atomic E-state index is 0.155. The lowest BCUT2D eigenvalue weighted by Crippen LogP contribution is -2.22. The van der Waals surface area contributed by atoms with E-state index >= 15 is 0 Å². The number of nitrogens with zero attached hydrogens (tertiary/aromatic N) is 6. The number of imidazole rings is 1. The molecular weight excluding hydrogens is 316 g/mol. The van der Waals surface area contributed by atoms with E-state index < -0.39 is 0 Å². The molecule has 1 aliphatic rings. The van der Waals surface area contributed by atoms with E-state index in [2.05, 4.69) is 44.5 Å². The Hall–Kier alpha value is -2.51. The van der Waals surface area contributed by atoms with E-state index in [4.69, 9.17) is 4.74 Å². The third-order valence-corrected chi connectivity index (χ3v) is 4.79. The molecule has 1 aromatic carbocycles. The first kappa shape index (κ1) is 16.0. The van der Waals surface area contributed by atoms with Crippen LogP contribution >= 0.6 is 0 Å². The van der Waals surface area contributed by atoms with E-state index in [-0.39, 0.29) is 12.0 Å². The molecule has 2 aromatic heterocycles. The van der Waals surface area contributed by atoms with Crippen molar-refractivity contribution in [3.05, 3.63) is 60.4 Å². The summed E-state index contributed by atoms with van der Waals surface area (Å²) >= 11 is 0. The van der Waals surface area contributed by atoms with Crippen LogP contribution in [0.2, 0.25) is 0 Å². The van der Waals surface area contributed by atoms with Crippen molar-refractivity contribution in [2.45, 2.75) is 18.6 Å². The van der Waals surface area contributed by atoms with Crippen molar-refractivity contribution in [2.75, 3.05) is 20.2 Å². The van der Waals surface area contributed by atoms with Crippen molar-refractivity contribution in [3.63, 3.8) is 0 Å². The first-order valence-electron chi connectivity index (χ1n) is 8.41. The topological polar surface area (TPSA) is 61.0 Å². The molecule has 3 aromatic rings. The Morgan fingerprint density at radius 1 is 1.20 bits per heavy atom. The molecule has 0 unspecified atom stereocenters. The molecule has 25 heavy (non-hydrogen) atoms. The van der Waals surface area contributed by atoms with Crippen LogP contribution in [-0.2, 0) is 18.3 Å². The molecule has 130 valence electrons. The third-order valence-electron chi connectivity index (χ3n) is 4.79. The molecule has 4 rings (SSSR count). The number of aromatic nitrogens is 5. The number of hydrogen-bond donors (Lipinski definition) is 0. The van der Waals surface area contributed by atoms with E-state index in [1.807, 2.05) is 30.3 Å². The Bertz CT molecular complexity index is 810. The Morgan fingerprint density at radius 2 is 2.04 bits per heavy atom. The van der Waals surface area contributed by atoms with Crippen molar-refractivity contribution in [1.82, 2.24) is 29.4 Å². The first-order chi connectivity index (χ1) is 12.2. The monoisotopic (exact) mass is 338 g/mol. The van der Waals surface area contributed by atoms with E-state index in [1.165, 1.54) is 5.56 Å². The lowest BCUT2D eigenvalue weighted by Gasteiger charge is -2.15. The van der Waals surface area contributed by atoms with Gasteiger partial charge in [0.1, 0.15) is 0 Å². The maximum atomic E-state index is 5.69. The number of rotatable bonds is 5. The summed E-state index contributed by atoms with van der Waals surface area (Å²) < 4.78 is 9.45. The van der Waals surface area contributed by atoms with Gasteiger partial charge in [-0.3, -0.25) is 9.58 Å². The SMILES string of the molecule is CO[C@@H]1CN(Cc2ccc(-n3ccnc3)cc2)C[C@H]1c1cn(C)nn1. The maximum Gasteiger partial charge on any atom is 0.0991 e. The predicted molar refractivity (Wildman–Crippen MR) is 93.4 cm³/mol. The first-order valence-corrected chi connectivity index (χ1v) is 8.41. The van der Waals surface area contributed by atoms with E-state index in [0.29, 0.717) is 0 Å². The van der Waals surface area contributed by atoms with Gasteiger partial charge in [0.2, 0.25) is 0 Å². The fourth-order valence-electron chi connectivity index (χ4n) is 3.48. The van der Waals surface area contributed by atoms with Crippen molar-refractivity contribution in [3.8, 4) is 5.69 Å². The van der Waals surface area contributed by atoms with Gasteiger partial charge in [0.05, 0.1) is 18.1 Å². The fourth-order valence-corrected chi connectivity index (χ4v) is 3.48. The molecule has 7 heteroatoms. The zero-order chi connectivity index (χ0) is 17.2. The smallest absolute Gasteiger partial charge is 0.0991 e. The molecule has 0 spiro atoms. The highest BCUT2D eigenvalue weighted by atomic mass is 16.5. The summed E-state index contributed by atoms with van der Waals surface area (Å²) in [4.78, 5) is 6.51. The summed E-state index contributed by atoms with van der Waals surface area (Å²) in [5.41, 5.74) is 3.42. The van der Waals surface area contributed by atoms with Gasteiger partial charge in [0.25, 0.3) is 0 Å². The summed E-state index contributed by atoms with van der Waals surface area (Å²) in [5.74, 6) is 0.268. The highest BCUT2D eigenvalue weighted by molar-refractivity contribution is 5.34. The summed E-state index contributed by atoms with van der Waals surface area (Å²) in [6.07, 6.45) is 7.69. The van der Waals surface area contributed by atoms with Crippen LogP contribution in [0, 0.1) is 0 Å². The molecule has 0 radical (unpaired) electrons. The quantitative estimate of drug-likeness (QED) is 0.707. The molecule has 0 saturated carbocycles. The Balaban J connectivity index is 1.44. The summed E-state index contributed by atoms with van der Waals surface area (Å²) in [5, 5.41) is 8.33. The van der Waals surface area contributed by atoms with Crippen molar-refractivity contribution in [2.24, 2.45) is 7.05 Å². The van der Waals surface area contributed by atoms with E-state index in [1.54, 1.807) is 18.0 Å². The van der Waals surface area contributed by atoms with Crippen molar-refractivity contribution < 1.29 is 4.74 Å². The summed E-state index contributed by atoms with van der Waals surface area (Å²) in [6, 6.07) is 8.60. The normalized spacial score (nSPS) is 21.0. The molecule has 1 aliphatic heterocycles. The molecular formula is C18H22N6O. The highest BCUT2D eigenvalue weighted by Crippen LogP contribution is 2.29. The zero-order valence-electron chi connectivity index (χ0n) is 14.5. The number of aryl methyl sites for hydroxylation is 1. The van der Waals surface area contributed by atoms with E-state index in [9.17, 15) is 0 Å². The second-order valence-electron chi connectivity index (χ2n) is 6.53. The molecule has 0 amide bonds. The molecule has 2 atom stereocenters. The molecule has 7 nitrogen and oxygen atoms in total. The van der Waals surface area contributed by atoms with Crippen LogP contribution in [0.15, 0.2) is 49.2 Å². The van der Waals surface area contributed by atoms with Gasteiger partial charge in [-0.25, -0.2) is 4.98 Å². The summed E-state index contributed by atoms with van der Waals surface area (Å²) in [7, 11) is 3.67. The van der Waals surface area contributed by atoms with Gasteiger partial charge in [-0.2, -0.15) is 0 Å². The van der Waals surface area contributed by atoms with Crippen LogP contribution in [0.4, 0.5) is 0 Å². The van der Waals surface area contributed by atoms with Crippen LogP contribution in [-0.4, -0.2) is 55.7 Å². The second-order valence-corrected chi connectivity index (χ2v) is 6.53. The maximum absolute atomic E-state index is 5.69. The number of likely N-dealkylation sites (tertiary alicyclic amines) is 1. The predicted octanol–water partition coefficient (Wildman–Crippen LogP) is 1.62. The molecule has 0 aliphatic carbocycles. The average Bonchev–Trinajstić information content (AvgIpc) is 3.35. The Morgan fingerprint density at radius 3 is 2.68 bits per heavy atom. The molecule has 0 N–H and O–H groups in total.